The summed E-state index contributed by atoms with van der Waals surface area (Å²) in [6, 6.07) is 9.43. The fourth-order valence-electron chi connectivity index (χ4n) is 2.40. The molecule has 1 aromatic carbocycles. The van der Waals surface area contributed by atoms with Gasteiger partial charge in [-0.05, 0) is 24.6 Å². The van der Waals surface area contributed by atoms with Gasteiger partial charge in [0.1, 0.15) is 17.5 Å². The summed E-state index contributed by atoms with van der Waals surface area (Å²) < 4.78 is 5.76. The van der Waals surface area contributed by atoms with Gasteiger partial charge in [-0.25, -0.2) is 0 Å². The highest BCUT2D eigenvalue weighted by molar-refractivity contribution is 5.99. The van der Waals surface area contributed by atoms with Crippen LogP contribution < -0.4 is 10.1 Å². The summed E-state index contributed by atoms with van der Waals surface area (Å²) in [6.07, 6.45) is 2.28. The first kappa shape index (κ1) is 13.4. The Kier molecular flexibility index (Phi) is 3.48. The second-order valence-corrected chi connectivity index (χ2v) is 5.12. The van der Waals surface area contributed by atoms with Crippen molar-refractivity contribution in [3.8, 4) is 5.75 Å². The molecule has 0 radical (unpaired) electrons. The number of ether oxygens (including phenoxy) is 1. The van der Waals surface area contributed by atoms with Crippen LogP contribution in [0.15, 0.2) is 36.5 Å². The van der Waals surface area contributed by atoms with Crippen molar-refractivity contribution in [3.05, 3.63) is 53.3 Å². The molecule has 21 heavy (non-hydrogen) atoms. The van der Waals surface area contributed by atoms with Gasteiger partial charge in [0, 0.05) is 18.2 Å². The standard InChI is InChI=1S/C16H16N2O3/c1-10(19)12-7-14(17-8-12)16(20)18-9-13-6-11-4-2-3-5-15(11)21-13/h2-5,7-8,13,17H,6,9H2,1H3,(H,18,20). The third kappa shape index (κ3) is 2.81. The minimum absolute atomic E-state index is 0.0476. The Balaban J connectivity index is 1.56. The first-order valence-electron chi connectivity index (χ1n) is 6.85. The Hall–Kier alpha value is -2.56. The van der Waals surface area contributed by atoms with Crippen LogP contribution in [0.3, 0.4) is 0 Å². The number of amides is 1. The van der Waals surface area contributed by atoms with E-state index in [1.165, 1.54) is 6.92 Å². The molecule has 1 aliphatic heterocycles. The fraction of sp³-hybridized carbons (Fsp3) is 0.250. The van der Waals surface area contributed by atoms with E-state index in [0.29, 0.717) is 17.8 Å². The minimum atomic E-state index is -0.234. The van der Waals surface area contributed by atoms with Gasteiger partial charge in [0.05, 0.1) is 6.54 Å². The van der Waals surface area contributed by atoms with Gasteiger partial charge in [-0.3, -0.25) is 9.59 Å². The topological polar surface area (TPSA) is 71.2 Å². The van der Waals surface area contributed by atoms with Gasteiger partial charge in [0.15, 0.2) is 5.78 Å². The molecule has 0 fully saturated rings. The Morgan fingerprint density at radius 2 is 2.19 bits per heavy atom. The van der Waals surface area contributed by atoms with Crippen LogP contribution in [0.25, 0.3) is 0 Å². The summed E-state index contributed by atoms with van der Waals surface area (Å²) in [5, 5.41) is 2.82. The Bertz CT molecular complexity index is 665. The molecular weight excluding hydrogens is 268 g/mol. The molecule has 0 saturated heterocycles. The zero-order valence-corrected chi connectivity index (χ0v) is 11.7. The molecule has 2 N–H and O–H groups in total. The van der Waals surface area contributed by atoms with Gasteiger partial charge >= 0.3 is 0 Å². The van der Waals surface area contributed by atoms with Gasteiger partial charge in [-0.2, -0.15) is 0 Å². The molecular formula is C16H16N2O3. The average Bonchev–Trinajstić information content (AvgIpc) is 3.11. The number of aromatic amines is 1. The predicted molar refractivity (Wildman–Crippen MR) is 77.7 cm³/mol. The number of hydrogen-bond donors (Lipinski definition) is 2. The first-order valence-corrected chi connectivity index (χ1v) is 6.85. The molecule has 1 amide bonds. The molecule has 1 aromatic heterocycles. The van der Waals surface area contributed by atoms with Crippen molar-refractivity contribution in [2.45, 2.75) is 19.4 Å². The lowest BCUT2D eigenvalue weighted by atomic mass is 10.1. The third-order valence-corrected chi connectivity index (χ3v) is 3.54. The lowest BCUT2D eigenvalue weighted by molar-refractivity contribution is 0.0929. The van der Waals surface area contributed by atoms with Crippen LogP contribution in [0.1, 0.15) is 33.3 Å². The second kappa shape index (κ2) is 5.44. The summed E-state index contributed by atoms with van der Waals surface area (Å²) in [5.74, 6) is 0.581. The van der Waals surface area contributed by atoms with Crippen LogP contribution in [0, 0.1) is 0 Å². The van der Waals surface area contributed by atoms with Crippen LogP contribution in [-0.4, -0.2) is 29.3 Å². The minimum Gasteiger partial charge on any atom is -0.488 e. The Morgan fingerprint density at radius 1 is 1.38 bits per heavy atom. The zero-order chi connectivity index (χ0) is 14.8. The number of para-hydroxylation sites is 1. The number of aromatic nitrogens is 1. The quantitative estimate of drug-likeness (QED) is 0.843. The highest BCUT2D eigenvalue weighted by Crippen LogP contribution is 2.27. The summed E-state index contributed by atoms with van der Waals surface area (Å²) in [5.41, 5.74) is 2.05. The molecule has 0 saturated carbocycles. The van der Waals surface area contributed by atoms with E-state index in [0.717, 1.165) is 17.7 Å². The number of nitrogens with one attached hydrogen (secondary N) is 2. The van der Waals surface area contributed by atoms with Crippen molar-refractivity contribution in [3.63, 3.8) is 0 Å². The molecule has 2 heterocycles. The molecule has 1 atom stereocenters. The van der Waals surface area contributed by atoms with E-state index in [-0.39, 0.29) is 17.8 Å². The van der Waals surface area contributed by atoms with E-state index in [1.54, 1.807) is 12.3 Å². The number of carbonyl (C=O) groups excluding carboxylic acids is 2. The maximum Gasteiger partial charge on any atom is 0.267 e. The SMILES string of the molecule is CC(=O)c1c[nH]c(C(=O)NCC2Cc3ccccc3O2)c1. The number of ketones is 1. The van der Waals surface area contributed by atoms with Gasteiger partial charge in [0.2, 0.25) is 0 Å². The van der Waals surface area contributed by atoms with Gasteiger partial charge in [0.25, 0.3) is 5.91 Å². The smallest absolute Gasteiger partial charge is 0.267 e. The lowest BCUT2D eigenvalue weighted by Crippen LogP contribution is -2.34. The largest absolute Gasteiger partial charge is 0.488 e. The maximum absolute atomic E-state index is 12.0. The predicted octanol–water partition coefficient (Wildman–Crippen LogP) is 1.95. The zero-order valence-electron chi connectivity index (χ0n) is 11.7. The van der Waals surface area contributed by atoms with Crippen LogP contribution >= 0.6 is 0 Å². The first-order chi connectivity index (χ1) is 10.1. The third-order valence-electron chi connectivity index (χ3n) is 3.54. The second-order valence-electron chi connectivity index (χ2n) is 5.12. The molecule has 5 heteroatoms. The average molecular weight is 284 g/mol. The summed E-state index contributed by atoms with van der Waals surface area (Å²) in [4.78, 5) is 26.0. The van der Waals surface area contributed by atoms with Gasteiger partial charge in [-0.1, -0.05) is 18.2 Å². The van der Waals surface area contributed by atoms with Gasteiger partial charge < -0.3 is 15.0 Å². The van der Waals surface area contributed by atoms with Gasteiger partial charge in [-0.15, -0.1) is 0 Å². The number of fused-ring (bicyclic) bond motifs is 1. The van der Waals surface area contributed by atoms with Crippen molar-refractivity contribution in [1.29, 1.82) is 0 Å². The number of H-pyrrole nitrogens is 1. The molecule has 1 aliphatic rings. The van der Waals surface area contributed by atoms with Crippen molar-refractivity contribution < 1.29 is 14.3 Å². The van der Waals surface area contributed by atoms with E-state index in [9.17, 15) is 9.59 Å². The van der Waals surface area contributed by atoms with Crippen molar-refractivity contribution in [2.24, 2.45) is 0 Å². The summed E-state index contributed by atoms with van der Waals surface area (Å²) in [7, 11) is 0. The van der Waals surface area contributed by atoms with E-state index in [4.69, 9.17) is 4.74 Å². The molecule has 108 valence electrons. The number of carbonyl (C=O) groups is 2. The van der Waals surface area contributed by atoms with E-state index in [2.05, 4.69) is 10.3 Å². The van der Waals surface area contributed by atoms with Crippen LogP contribution in [0.2, 0.25) is 0 Å². The number of Topliss-reactive ketones (excluding diaryl/α,β-unsaturated/α-hetero) is 1. The maximum atomic E-state index is 12.0. The van der Waals surface area contributed by atoms with E-state index >= 15 is 0 Å². The normalized spacial score (nSPS) is 16.1. The molecule has 0 spiro atoms. The molecule has 0 bridgehead atoms. The molecule has 3 rings (SSSR count). The number of hydrogen-bond acceptors (Lipinski definition) is 3. The van der Waals surface area contributed by atoms with Crippen molar-refractivity contribution >= 4 is 11.7 Å². The monoisotopic (exact) mass is 284 g/mol. The molecule has 1 unspecified atom stereocenters. The summed E-state index contributed by atoms with van der Waals surface area (Å²) >= 11 is 0. The lowest BCUT2D eigenvalue weighted by Gasteiger charge is -2.11. The number of rotatable bonds is 4. The summed E-state index contributed by atoms with van der Waals surface area (Å²) in [6.45, 7) is 1.90. The van der Waals surface area contributed by atoms with Crippen molar-refractivity contribution in [1.82, 2.24) is 10.3 Å². The Morgan fingerprint density at radius 3 is 2.90 bits per heavy atom. The molecule has 5 nitrogen and oxygen atoms in total. The fourth-order valence-corrected chi connectivity index (χ4v) is 2.40. The highest BCUT2D eigenvalue weighted by Gasteiger charge is 2.23. The molecule has 2 aromatic rings. The van der Waals surface area contributed by atoms with E-state index < -0.39 is 0 Å². The van der Waals surface area contributed by atoms with Crippen LogP contribution in [-0.2, 0) is 6.42 Å². The molecule has 0 aliphatic carbocycles. The van der Waals surface area contributed by atoms with Crippen LogP contribution in [0.5, 0.6) is 5.75 Å². The van der Waals surface area contributed by atoms with Crippen molar-refractivity contribution in [2.75, 3.05) is 6.54 Å². The Labute approximate surface area is 122 Å². The van der Waals surface area contributed by atoms with Crippen LogP contribution in [0.4, 0.5) is 0 Å². The van der Waals surface area contributed by atoms with E-state index in [1.807, 2.05) is 24.3 Å². The highest BCUT2D eigenvalue weighted by atomic mass is 16.5. The number of benzene rings is 1.